The van der Waals surface area contributed by atoms with Gasteiger partial charge in [0.1, 0.15) is 5.60 Å². The SMILES string of the molecule is OC[C@@H]1CC[C@@](CO)(c2ccc(Cl)cc2Cl)O1. The summed E-state index contributed by atoms with van der Waals surface area (Å²) in [4.78, 5) is 0. The van der Waals surface area contributed by atoms with Crippen LogP contribution in [0.4, 0.5) is 0 Å². The first kappa shape index (κ1) is 13.1. The van der Waals surface area contributed by atoms with Gasteiger partial charge in [-0.05, 0) is 25.0 Å². The van der Waals surface area contributed by atoms with Crippen LogP contribution in [0.3, 0.4) is 0 Å². The monoisotopic (exact) mass is 276 g/mol. The molecule has 0 bridgehead atoms. The summed E-state index contributed by atoms with van der Waals surface area (Å²) in [5, 5.41) is 19.7. The molecule has 1 aliphatic heterocycles. The van der Waals surface area contributed by atoms with Crippen molar-refractivity contribution in [3.8, 4) is 0 Å². The van der Waals surface area contributed by atoms with Gasteiger partial charge in [-0.1, -0.05) is 29.3 Å². The average molecular weight is 277 g/mol. The Morgan fingerprint density at radius 1 is 1.35 bits per heavy atom. The van der Waals surface area contributed by atoms with E-state index in [1.807, 2.05) is 0 Å². The maximum absolute atomic E-state index is 9.58. The molecule has 2 N–H and O–H groups in total. The van der Waals surface area contributed by atoms with Crippen molar-refractivity contribution in [2.24, 2.45) is 0 Å². The van der Waals surface area contributed by atoms with Gasteiger partial charge in [-0.25, -0.2) is 0 Å². The Hall–Kier alpha value is -0.320. The molecule has 1 saturated heterocycles. The van der Waals surface area contributed by atoms with Gasteiger partial charge in [-0.3, -0.25) is 0 Å². The first-order valence-electron chi connectivity index (χ1n) is 5.46. The van der Waals surface area contributed by atoms with Gasteiger partial charge in [0, 0.05) is 15.6 Å². The lowest BCUT2D eigenvalue weighted by Gasteiger charge is -2.28. The van der Waals surface area contributed by atoms with Crippen LogP contribution in [0.5, 0.6) is 0 Å². The van der Waals surface area contributed by atoms with Crippen molar-refractivity contribution in [1.29, 1.82) is 0 Å². The zero-order chi connectivity index (χ0) is 12.5. The van der Waals surface area contributed by atoms with Crippen molar-refractivity contribution < 1.29 is 14.9 Å². The number of aliphatic hydroxyl groups excluding tert-OH is 2. The molecule has 2 rings (SSSR count). The van der Waals surface area contributed by atoms with E-state index in [0.717, 1.165) is 5.56 Å². The molecule has 0 aliphatic carbocycles. The number of hydrogen-bond donors (Lipinski definition) is 2. The van der Waals surface area contributed by atoms with Gasteiger partial charge >= 0.3 is 0 Å². The number of ether oxygens (including phenoxy) is 1. The highest BCUT2D eigenvalue weighted by Gasteiger charge is 2.42. The van der Waals surface area contributed by atoms with Gasteiger partial charge in [0.15, 0.2) is 0 Å². The summed E-state index contributed by atoms with van der Waals surface area (Å²) >= 11 is 12.0. The smallest absolute Gasteiger partial charge is 0.118 e. The van der Waals surface area contributed by atoms with E-state index in [1.165, 1.54) is 0 Å². The van der Waals surface area contributed by atoms with Crippen LogP contribution in [-0.2, 0) is 10.3 Å². The molecule has 0 aromatic heterocycles. The maximum Gasteiger partial charge on any atom is 0.118 e. The molecule has 1 aromatic carbocycles. The summed E-state index contributed by atoms with van der Waals surface area (Å²) in [6.07, 6.45) is 1.10. The molecule has 0 radical (unpaired) electrons. The zero-order valence-corrected chi connectivity index (χ0v) is 10.7. The Labute approximate surface area is 110 Å². The van der Waals surface area contributed by atoms with Gasteiger partial charge in [0.2, 0.25) is 0 Å². The molecular formula is C12H14Cl2O3. The molecule has 1 fully saturated rings. The van der Waals surface area contributed by atoms with Crippen molar-refractivity contribution >= 4 is 23.2 Å². The molecule has 0 saturated carbocycles. The van der Waals surface area contributed by atoms with Crippen LogP contribution in [0.2, 0.25) is 10.0 Å². The van der Waals surface area contributed by atoms with Crippen molar-refractivity contribution in [1.82, 2.24) is 0 Å². The lowest BCUT2D eigenvalue weighted by atomic mass is 9.91. The third-order valence-electron chi connectivity index (χ3n) is 3.14. The topological polar surface area (TPSA) is 49.7 Å². The minimum absolute atomic E-state index is 0.0487. The predicted molar refractivity (Wildman–Crippen MR) is 66.4 cm³/mol. The minimum Gasteiger partial charge on any atom is -0.394 e. The van der Waals surface area contributed by atoms with E-state index in [4.69, 9.17) is 33.0 Å². The molecule has 1 heterocycles. The third-order valence-corrected chi connectivity index (χ3v) is 3.69. The van der Waals surface area contributed by atoms with Crippen LogP contribution in [0, 0.1) is 0 Å². The summed E-state index contributed by atoms with van der Waals surface area (Å²) in [7, 11) is 0. The molecule has 94 valence electrons. The molecule has 0 amide bonds. The van der Waals surface area contributed by atoms with Crippen molar-refractivity contribution in [3.05, 3.63) is 33.8 Å². The average Bonchev–Trinajstić information content (AvgIpc) is 2.74. The second kappa shape index (κ2) is 5.12. The van der Waals surface area contributed by atoms with Crippen LogP contribution < -0.4 is 0 Å². The lowest BCUT2D eigenvalue weighted by Crippen LogP contribution is -2.31. The maximum atomic E-state index is 9.58. The zero-order valence-electron chi connectivity index (χ0n) is 9.20. The van der Waals surface area contributed by atoms with Crippen LogP contribution in [-0.4, -0.2) is 29.5 Å². The fourth-order valence-corrected chi connectivity index (χ4v) is 2.80. The van der Waals surface area contributed by atoms with Crippen LogP contribution in [0.25, 0.3) is 0 Å². The van der Waals surface area contributed by atoms with E-state index in [9.17, 15) is 5.11 Å². The fourth-order valence-electron chi connectivity index (χ4n) is 2.22. The third kappa shape index (κ3) is 2.44. The molecule has 0 unspecified atom stereocenters. The summed E-state index contributed by atoms with van der Waals surface area (Å²) in [6.45, 7) is -0.211. The highest BCUT2D eigenvalue weighted by molar-refractivity contribution is 6.35. The number of benzene rings is 1. The van der Waals surface area contributed by atoms with E-state index in [0.29, 0.717) is 22.9 Å². The fraction of sp³-hybridized carbons (Fsp3) is 0.500. The van der Waals surface area contributed by atoms with E-state index in [2.05, 4.69) is 0 Å². The summed E-state index contributed by atoms with van der Waals surface area (Å²) in [5.41, 5.74) is -0.0864. The molecule has 5 heteroatoms. The molecule has 2 atom stereocenters. The Balaban J connectivity index is 2.35. The van der Waals surface area contributed by atoms with Gasteiger partial charge in [0.25, 0.3) is 0 Å². The first-order valence-corrected chi connectivity index (χ1v) is 6.22. The van der Waals surface area contributed by atoms with Crippen LogP contribution >= 0.6 is 23.2 Å². The number of halogens is 2. The van der Waals surface area contributed by atoms with Gasteiger partial charge in [-0.2, -0.15) is 0 Å². The van der Waals surface area contributed by atoms with Crippen molar-refractivity contribution in [2.75, 3.05) is 13.2 Å². The van der Waals surface area contributed by atoms with Crippen molar-refractivity contribution in [2.45, 2.75) is 24.5 Å². The summed E-state index contributed by atoms with van der Waals surface area (Å²) in [6, 6.07) is 5.11. The highest BCUT2D eigenvalue weighted by Crippen LogP contribution is 2.42. The second-order valence-corrected chi connectivity index (χ2v) is 5.08. The summed E-state index contributed by atoms with van der Waals surface area (Å²) < 4.78 is 5.73. The second-order valence-electron chi connectivity index (χ2n) is 4.24. The molecule has 1 aromatic rings. The molecule has 1 aliphatic rings. The predicted octanol–water partition coefficient (Wildman–Crippen LogP) is 2.35. The molecular weight excluding hydrogens is 263 g/mol. The molecule has 3 nitrogen and oxygen atoms in total. The van der Waals surface area contributed by atoms with E-state index < -0.39 is 5.60 Å². The highest BCUT2D eigenvalue weighted by atomic mass is 35.5. The van der Waals surface area contributed by atoms with E-state index in [-0.39, 0.29) is 19.3 Å². The lowest BCUT2D eigenvalue weighted by molar-refractivity contribution is -0.0907. The first-order chi connectivity index (χ1) is 8.11. The number of aliphatic hydroxyl groups is 2. The van der Waals surface area contributed by atoms with E-state index >= 15 is 0 Å². The van der Waals surface area contributed by atoms with Gasteiger partial charge < -0.3 is 14.9 Å². The number of rotatable bonds is 3. The van der Waals surface area contributed by atoms with Crippen LogP contribution in [0.1, 0.15) is 18.4 Å². The standard InChI is InChI=1S/C12H14Cl2O3/c13-8-1-2-10(11(14)5-8)12(7-16)4-3-9(6-15)17-12/h1-2,5,9,15-16H,3-4,6-7H2/t9-,12+/m0/s1. The van der Waals surface area contributed by atoms with E-state index in [1.54, 1.807) is 18.2 Å². The number of hydrogen-bond acceptors (Lipinski definition) is 3. The quantitative estimate of drug-likeness (QED) is 0.891. The Morgan fingerprint density at radius 3 is 2.65 bits per heavy atom. The molecule has 17 heavy (non-hydrogen) atoms. The summed E-state index contributed by atoms with van der Waals surface area (Å²) in [5.74, 6) is 0. The minimum atomic E-state index is -0.810. The Bertz CT molecular complexity index is 411. The van der Waals surface area contributed by atoms with Crippen molar-refractivity contribution in [3.63, 3.8) is 0 Å². The van der Waals surface area contributed by atoms with Crippen LogP contribution in [0.15, 0.2) is 18.2 Å². The Morgan fingerprint density at radius 2 is 2.12 bits per heavy atom. The van der Waals surface area contributed by atoms with Gasteiger partial charge in [-0.15, -0.1) is 0 Å². The van der Waals surface area contributed by atoms with Gasteiger partial charge in [0.05, 0.1) is 19.3 Å². The Kier molecular flexibility index (Phi) is 3.95. The largest absolute Gasteiger partial charge is 0.394 e. The normalized spacial score (nSPS) is 28.6. The molecule has 0 spiro atoms.